The standard InChI is InChI=1S/C12H24N2O/c1-11(2)13-5-6-14-9-12(10-14)3-7-15-8-4-12/h11,13H,3-10H2,1-2H3. The van der Waals surface area contributed by atoms with Crippen LogP contribution in [0.15, 0.2) is 0 Å². The summed E-state index contributed by atoms with van der Waals surface area (Å²) in [5.74, 6) is 0. The second-order valence-corrected chi connectivity index (χ2v) is 5.43. The Morgan fingerprint density at radius 2 is 1.93 bits per heavy atom. The molecule has 0 unspecified atom stereocenters. The normalized spacial score (nSPS) is 25.8. The quantitative estimate of drug-likeness (QED) is 0.755. The van der Waals surface area contributed by atoms with Crippen LogP contribution < -0.4 is 5.32 Å². The van der Waals surface area contributed by atoms with Crippen molar-refractivity contribution >= 4 is 0 Å². The second kappa shape index (κ2) is 4.81. The Labute approximate surface area is 93.2 Å². The number of likely N-dealkylation sites (tertiary alicyclic amines) is 1. The number of hydrogen-bond donors (Lipinski definition) is 1. The lowest BCUT2D eigenvalue weighted by atomic mass is 9.73. The molecule has 88 valence electrons. The third-order valence-electron chi connectivity index (χ3n) is 3.65. The van der Waals surface area contributed by atoms with E-state index in [-0.39, 0.29) is 0 Å². The summed E-state index contributed by atoms with van der Waals surface area (Å²) in [7, 11) is 0. The molecule has 15 heavy (non-hydrogen) atoms. The Bertz CT molecular complexity index is 192. The summed E-state index contributed by atoms with van der Waals surface area (Å²) in [5, 5.41) is 3.47. The fourth-order valence-electron chi connectivity index (χ4n) is 2.69. The molecular weight excluding hydrogens is 188 g/mol. The van der Waals surface area contributed by atoms with Crippen LogP contribution in [0.1, 0.15) is 26.7 Å². The van der Waals surface area contributed by atoms with Gasteiger partial charge in [-0.2, -0.15) is 0 Å². The molecule has 3 heteroatoms. The molecule has 2 saturated heterocycles. The van der Waals surface area contributed by atoms with Crippen molar-refractivity contribution in [3.8, 4) is 0 Å². The van der Waals surface area contributed by atoms with Gasteiger partial charge in [0.15, 0.2) is 0 Å². The minimum atomic E-state index is 0.614. The van der Waals surface area contributed by atoms with Crippen LogP contribution in [0.2, 0.25) is 0 Å². The number of rotatable bonds is 4. The van der Waals surface area contributed by atoms with E-state index in [1.807, 2.05) is 0 Å². The largest absolute Gasteiger partial charge is 0.381 e. The lowest BCUT2D eigenvalue weighted by Crippen LogP contribution is -2.59. The molecule has 1 N–H and O–H groups in total. The van der Waals surface area contributed by atoms with Crippen LogP contribution in [0, 0.1) is 5.41 Å². The Hall–Kier alpha value is -0.120. The molecule has 3 nitrogen and oxygen atoms in total. The van der Waals surface area contributed by atoms with Gasteiger partial charge in [-0.3, -0.25) is 0 Å². The summed E-state index contributed by atoms with van der Waals surface area (Å²) < 4.78 is 5.42. The highest BCUT2D eigenvalue weighted by Gasteiger charge is 2.43. The predicted molar refractivity (Wildman–Crippen MR) is 62.1 cm³/mol. The van der Waals surface area contributed by atoms with Crippen LogP contribution in [0.4, 0.5) is 0 Å². The van der Waals surface area contributed by atoms with Crippen molar-refractivity contribution in [3.05, 3.63) is 0 Å². The van der Waals surface area contributed by atoms with Gasteiger partial charge in [0.25, 0.3) is 0 Å². The molecule has 0 aromatic rings. The summed E-state index contributed by atoms with van der Waals surface area (Å²) in [5.41, 5.74) is 0.635. The summed E-state index contributed by atoms with van der Waals surface area (Å²) in [6.45, 7) is 11.3. The number of nitrogens with one attached hydrogen (secondary N) is 1. The van der Waals surface area contributed by atoms with Crippen LogP contribution in [-0.4, -0.2) is 50.3 Å². The lowest BCUT2D eigenvalue weighted by Gasteiger charge is -2.52. The maximum atomic E-state index is 5.42. The molecule has 0 aromatic heterocycles. The van der Waals surface area contributed by atoms with Gasteiger partial charge in [-0.15, -0.1) is 0 Å². The maximum Gasteiger partial charge on any atom is 0.0472 e. The molecule has 0 aliphatic carbocycles. The minimum Gasteiger partial charge on any atom is -0.381 e. The molecule has 0 aromatic carbocycles. The summed E-state index contributed by atoms with van der Waals surface area (Å²) >= 11 is 0. The van der Waals surface area contributed by atoms with Gasteiger partial charge < -0.3 is 15.0 Å². The Balaban J connectivity index is 1.60. The number of ether oxygens (including phenoxy) is 1. The van der Waals surface area contributed by atoms with Crippen molar-refractivity contribution in [1.29, 1.82) is 0 Å². The van der Waals surface area contributed by atoms with E-state index in [1.54, 1.807) is 0 Å². The highest BCUT2D eigenvalue weighted by atomic mass is 16.5. The van der Waals surface area contributed by atoms with E-state index in [2.05, 4.69) is 24.1 Å². The number of nitrogens with zero attached hydrogens (tertiary/aromatic N) is 1. The van der Waals surface area contributed by atoms with Crippen LogP contribution in [0.5, 0.6) is 0 Å². The SMILES string of the molecule is CC(C)NCCN1CC2(CCOCC2)C1. The van der Waals surface area contributed by atoms with E-state index < -0.39 is 0 Å². The molecule has 0 atom stereocenters. The smallest absolute Gasteiger partial charge is 0.0472 e. The molecule has 2 aliphatic rings. The molecule has 2 rings (SSSR count). The zero-order valence-electron chi connectivity index (χ0n) is 10.1. The fourth-order valence-corrected chi connectivity index (χ4v) is 2.69. The van der Waals surface area contributed by atoms with Crippen LogP contribution in [-0.2, 0) is 4.74 Å². The molecule has 1 spiro atoms. The van der Waals surface area contributed by atoms with Gasteiger partial charge in [0.1, 0.15) is 0 Å². The highest BCUT2D eigenvalue weighted by molar-refractivity contribution is 4.96. The molecular formula is C12H24N2O. The monoisotopic (exact) mass is 212 g/mol. The van der Waals surface area contributed by atoms with E-state index >= 15 is 0 Å². The molecule has 2 aliphatic heterocycles. The highest BCUT2D eigenvalue weighted by Crippen LogP contribution is 2.39. The molecule has 0 amide bonds. The third kappa shape index (κ3) is 2.92. The summed E-state index contributed by atoms with van der Waals surface area (Å²) in [4.78, 5) is 2.57. The lowest BCUT2D eigenvalue weighted by molar-refractivity contribution is -0.0797. The Kier molecular flexibility index (Phi) is 3.65. The van der Waals surface area contributed by atoms with Gasteiger partial charge in [0, 0.05) is 50.8 Å². The zero-order chi connectivity index (χ0) is 10.7. The van der Waals surface area contributed by atoms with E-state index in [0.717, 1.165) is 19.8 Å². The Morgan fingerprint density at radius 1 is 1.27 bits per heavy atom. The number of hydrogen-bond acceptors (Lipinski definition) is 3. The first-order chi connectivity index (χ1) is 7.20. The Morgan fingerprint density at radius 3 is 2.53 bits per heavy atom. The average molecular weight is 212 g/mol. The molecule has 2 fully saturated rings. The van der Waals surface area contributed by atoms with Crippen LogP contribution in [0.25, 0.3) is 0 Å². The molecule has 0 bridgehead atoms. The minimum absolute atomic E-state index is 0.614. The maximum absolute atomic E-state index is 5.42. The summed E-state index contributed by atoms with van der Waals surface area (Å²) in [6.07, 6.45) is 2.56. The first-order valence-corrected chi connectivity index (χ1v) is 6.24. The van der Waals surface area contributed by atoms with E-state index in [0.29, 0.717) is 11.5 Å². The second-order valence-electron chi connectivity index (χ2n) is 5.43. The van der Waals surface area contributed by atoms with Gasteiger partial charge in [0.05, 0.1) is 0 Å². The van der Waals surface area contributed by atoms with Crippen molar-refractivity contribution in [2.75, 3.05) is 39.4 Å². The summed E-state index contributed by atoms with van der Waals surface area (Å²) in [6, 6.07) is 0.614. The molecule has 0 saturated carbocycles. The predicted octanol–water partition coefficient (Wildman–Crippen LogP) is 1.10. The van der Waals surface area contributed by atoms with Gasteiger partial charge in [0.2, 0.25) is 0 Å². The van der Waals surface area contributed by atoms with Gasteiger partial charge >= 0.3 is 0 Å². The fraction of sp³-hybridized carbons (Fsp3) is 1.00. The van der Waals surface area contributed by atoms with Crippen molar-refractivity contribution in [2.24, 2.45) is 5.41 Å². The zero-order valence-corrected chi connectivity index (χ0v) is 10.1. The van der Waals surface area contributed by atoms with Gasteiger partial charge in [-0.25, -0.2) is 0 Å². The van der Waals surface area contributed by atoms with Crippen molar-refractivity contribution in [3.63, 3.8) is 0 Å². The van der Waals surface area contributed by atoms with Crippen LogP contribution in [0.3, 0.4) is 0 Å². The van der Waals surface area contributed by atoms with E-state index in [4.69, 9.17) is 4.74 Å². The van der Waals surface area contributed by atoms with Crippen LogP contribution >= 0.6 is 0 Å². The third-order valence-corrected chi connectivity index (χ3v) is 3.65. The van der Waals surface area contributed by atoms with Crippen molar-refractivity contribution < 1.29 is 4.74 Å². The van der Waals surface area contributed by atoms with Crippen molar-refractivity contribution in [1.82, 2.24) is 10.2 Å². The first kappa shape index (κ1) is 11.4. The molecule has 2 heterocycles. The van der Waals surface area contributed by atoms with Gasteiger partial charge in [-0.05, 0) is 12.8 Å². The van der Waals surface area contributed by atoms with Gasteiger partial charge in [-0.1, -0.05) is 13.8 Å². The molecule has 0 radical (unpaired) electrons. The average Bonchev–Trinajstić information content (AvgIpc) is 2.16. The first-order valence-electron chi connectivity index (χ1n) is 6.24. The van der Waals surface area contributed by atoms with Crippen molar-refractivity contribution in [2.45, 2.75) is 32.7 Å². The topological polar surface area (TPSA) is 24.5 Å². The van der Waals surface area contributed by atoms with E-state index in [1.165, 1.54) is 32.5 Å². The van der Waals surface area contributed by atoms with E-state index in [9.17, 15) is 0 Å².